The summed E-state index contributed by atoms with van der Waals surface area (Å²) < 4.78 is 0. The number of aromatic nitrogens is 1. The van der Waals surface area contributed by atoms with Crippen LogP contribution in [0.4, 0.5) is 0 Å². The van der Waals surface area contributed by atoms with Gasteiger partial charge in [-0.05, 0) is 32.0 Å². The van der Waals surface area contributed by atoms with E-state index >= 15 is 0 Å². The molecule has 1 amide bonds. The molecule has 0 N–H and O–H groups in total. The largest absolute Gasteiger partial charge is 0.330 e. The second kappa shape index (κ2) is 3.81. The minimum Gasteiger partial charge on any atom is -0.330 e. The number of likely N-dealkylation sites (tertiary alicyclic amines) is 2. The number of carbonyl (C=O) groups is 1. The Morgan fingerprint density at radius 1 is 1.41 bits per heavy atom. The summed E-state index contributed by atoms with van der Waals surface area (Å²) in [5.41, 5.74) is 1.77. The van der Waals surface area contributed by atoms with Crippen LogP contribution in [0.15, 0.2) is 18.5 Å². The third kappa shape index (κ3) is 1.63. The van der Waals surface area contributed by atoms with Gasteiger partial charge in [0.1, 0.15) is 0 Å². The van der Waals surface area contributed by atoms with Crippen molar-refractivity contribution in [3.8, 4) is 0 Å². The first-order valence-electron chi connectivity index (χ1n) is 6.08. The zero-order valence-electron chi connectivity index (χ0n) is 10.3. The molecule has 17 heavy (non-hydrogen) atoms. The van der Waals surface area contributed by atoms with Crippen molar-refractivity contribution in [1.29, 1.82) is 0 Å². The van der Waals surface area contributed by atoms with Crippen molar-refractivity contribution in [1.82, 2.24) is 14.8 Å². The van der Waals surface area contributed by atoms with Crippen LogP contribution in [-0.2, 0) is 0 Å². The van der Waals surface area contributed by atoms with Crippen LogP contribution in [0, 0.1) is 6.92 Å². The molecule has 0 radical (unpaired) electrons. The van der Waals surface area contributed by atoms with Gasteiger partial charge in [-0.2, -0.15) is 0 Å². The molecule has 2 unspecified atom stereocenters. The van der Waals surface area contributed by atoms with E-state index in [2.05, 4.69) is 16.9 Å². The van der Waals surface area contributed by atoms with Gasteiger partial charge in [-0.15, -0.1) is 0 Å². The fraction of sp³-hybridized carbons (Fsp3) is 0.538. The quantitative estimate of drug-likeness (QED) is 0.721. The Labute approximate surface area is 101 Å². The number of likely N-dealkylation sites (N-methyl/N-ethyl adjacent to an activating group) is 1. The number of fused-ring (bicyclic) bond motifs is 2. The Morgan fingerprint density at radius 3 is 2.76 bits per heavy atom. The zero-order valence-corrected chi connectivity index (χ0v) is 10.3. The summed E-state index contributed by atoms with van der Waals surface area (Å²) >= 11 is 0. The highest BCUT2D eigenvalue weighted by molar-refractivity contribution is 5.96. The van der Waals surface area contributed by atoms with Gasteiger partial charge >= 0.3 is 0 Å². The van der Waals surface area contributed by atoms with Crippen molar-refractivity contribution in [3.63, 3.8) is 0 Å². The van der Waals surface area contributed by atoms with E-state index in [0.717, 1.165) is 30.6 Å². The van der Waals surface area contributed by atoms with Gasteiger partial charge in [0, 0.05) is 37.6 Å². The number of aryl methyl sites for hydroxylation is 1. The smallest absolute Gasteiger partial charge is 0.256 e. The maximum Gasteiger partial charge on any atom is 0.256 e. The van der Waals surface area contributed by atoms with E-state index in [4.69, 9.17) is 0 Å². The Morgan fingerprint density at radius 2 is 2.12 bits per heavy atom. The number of hydrogen-bond acceptors (Lipinski definition) is 3. The van der Waals surface area contributed by atoms with Gasteiger partial charge in [0.05, 0.1) is 5.56 Å². The number of piperazine rings is 1. The molecule has 2 aliphatic heterocycles. The number of pyridine rings is 1. The minimum atomic E-state index is 0.157. The first kappa shape index (κ1) is 10.7. The Kier molecular flexibility index (Phi) is 2.40. The van der Waals surface area contributed by atoms with Crippen molar-refractivity contribution < 1.29 is 4.79 Å². The van der Waals surface area contributed by atoms with Crippen molar-refractivity contribution in [2.45, 2.75) is 25.4 Å². The van der Waals surface area contributed by atoms with Crippen LogP contribution in [0.3, 0.4) is 0 Å². The van der Waals surface area contributed by atoms with E-state index in [1.807, 2.05) is 17.9 Å². The minimum absolute atomic E-state index is 0.157. The highest BCUT2D eigenvalue weighted by Gasteiger charge is 2.46. The molecule has 4 heteroatoms. The molecule has 90 valence electrons. The van der Waals surface area contributed by atoms with Gasteiger partial charge in [0.25, 0.3) is 5.91 Å². The second-order valence-corrected chi connectivity index (χ2v) is 5.17. The normalized spacial score (nSPS) is 27.8. The predicted molar refractivity (Wildman–Crippen MR) is 64.8 cm³/mol. The molecule has 2 atom stereocenters. The van der Waals surface area contributed by atoms with E-state index in [1.165, 1.54) is 0 Å². The number of piperidine rings is 1. The fourth-order valence-electron chi connectivity index (χ4n) is 2.98. The number of amides is 1. The SMILES string of the molecule is Cc1ccncc1C(=O)N1C2CC1CN(C)C2. The van der Waals surface area contributed by atoms with Gasteiger partial charge in [0.15, 0.2) is 0 Å². The van der Waals surface area contributed by atoms with Crippen LogP contribution in [0.25, 0.3) is 0 Å². The van der Waals surface area contributed by atoms with Crippen LogP contribution in [-0.4, -0.2) is 52.9 Å². The third-order valence-corrected chi connectivity index (χ3v) is 3.88. The van der Waals surface area contributed by atoms with E-state index in [9.17, 15) is 4.79 Å². The van der Waals surface area contributed by atoms with Crippen LogP contribution < -0.4 is 0 Å². The average molecular weight is 231 g/mol. The molecule has 2 bridgehead atoms. The monoisotopic (exact) mass is 231 g/mol. The molecule has 3 heterocycles. The molecule has 4 nitrogen and oxygen atoms in total. The Hall–Kier alpha value is -1.42. The Balaban J connectivity index is 1.83. The van der Waals surface area contributed by atoms with Gasteiger partial charge in [-0.1, -0.05) is 0 Å². The number of hydrogen-bond donors (Lipinski definition) is 0. The van der Waals surface area contributed by atoms with Crippen molar-refractivity contribution in [2.75, 3.05) is 20.1 Å². The summed E-state index contributed by atoms with van der Waals surface area (Å²) in [6.45, 7) is 3.97. The van der Waals surface area contributed by atoms with E-state index in [1.54, 1.807) is 12.4 Å². The number of rotatable bonds is 1. The highest BCUT2D eigenvalue weighted by Crippen LogP contribution is 2.33. The zero-order chi connectivity index (χ0) is 12.0. The lowest BCUT2D eigenvalue weighted by Crippen LogP contribution is -2.69. The lowest BCUT2D eigenvalue weighted by molar-refractivity contribution is -0.0397. The van der Waals surface area contributed by atoms with Gasteiger partial charge in [-0.3, -0.25) is 9.78 Å². The third-order valence-electron chi connectivity index (χ3n) is 3.88. The highest BCUT2D eigenvalue weighted by atomic mass is 16.2. The van der Waals surface area contributed by atoms with Crippen molar-refractivity contribution >= 4 is 5.91 Å². The van der Waals surface area contributed by atoms with Gasteiger partial charge in [-0.25, -0.2) is 0 Å². The van der Waals surface area contributed by atoms with Gasteiger partial charge < -0.3 is 9.80 Å². The molecule has 3 rings (SSSR count). The van der Waals surface area contributed by atoms with Crippen LogP contribution in [0.1, 0.15) is 22.3 Å². The summed E-state index contributed by atoms with van der Waals surface area (Å²) in [7, 11) is 2.12. The van der Waals surface area contributed by atoms with Crippen LogP contribution in [0.2, 0.25) is 0 Å². The van der Waals surface area contributed by atoms with E-state index in [0.29, 0.717) is 12.1 Å². The molecule has 2 fully saturated rings. The molecular formula is C13H17N3O. The molecule has 2 aliphatic rings. The first-order chi connectivity index (χ1) is 8.16. The Bertz CT molecular complexity index is 448. The molecule has 0 spiro atoms. The second-order valence-electron chi connectivity index (χ2n) is 5.17. The lowest BCUT2D eigenvalue weighted by atomic mass is 9.86. The molecule has 1 aromatic rings. The van der Waals surface area contributed by atoms with Crippen molar-refractivity contribution in [3.05, 3.63) is 29.6 Å². The van der Waals surface area contributed by atoms with Crippen molar-refractivity contribution in [2.24, 2.45) is 0 Å². The predicted octanol–water partition coefficient (Wildman–Crippen LogP) is 0.919. The molecule has 0 saturated carbocycles. The molecule has 2 saturated heterocycles. The van der Waals surface area contributed by atoms with Gasteiger partial charge in [0.2, 0.25) is 0 Å². The maximum absolute atomic E-state index is 12.4. The summed E-state index contributed by atoms with van der Waals surface area (Å²) in [6.07, 6.45) is 4.58. The number of carbonyl (C=O) groups excluding carboxylic acids is 1. The topological polar surface area (TPSA) is 36.4 Å². The first-order valence-corrected chi connectivity index (χ1v) is 6.08. The fourth-order valence-corrected chi connectivity index (χ4v) is 2.98. The molecule has 1 aromatic heterocycles. The van der Waals surface area contributed by atoms with E-state index in [-0.39, 0.29) is 5.91 Å². The van der Waals surface area contributed by atoms with E-state index < -0.39 is 0 Å². The lowest BCUT2D eigenvalue weighted by Gasteiger charge is -2.55. The standard InChI is InChI=1S/C13H17N3O/c1-9-3-4-14-6-12(9)13(17)16-10-5-11(16)8-15(2)7-10/h3-4,6,10-11H,5,7-8H2,1-2H3. The van der Waals surface area contributed by atoms with Crippen LogP contribution >= 0.6 is 0 Å². The number of nitrogens with zero attached hydrogens (tertiary/aromatic N) is 3. The molecular weight excluding hydrogens is 214 g/mol. The molecule has 0 aromatic carbocycles. The molecule has 0 aliphatic carbocycles. The summed E-state index contributed by atoms with van der Waals surface area (Å²) in [6, 6.07) is 2.71. The summed E-state index contributed by atoms with van der Waals surface area (Å²) in [5.74, 6) is 0.157. The maximum atomic E-state index is 12.4. The average Bonchev–Trinajstić information content (AvgIpc) is 2.28. The summed E-state index contributed by atoms with van der Waals surface area (Å²) in [4.78, 5) is 20.8. The summed E-state index contributed by atoms with van der Waals surface area (Å²) in [5, 5.41) is 0. The van der Waals surface area contributed by atoms with Crippen LogP contribution in [0.5, 0.6) is 0 Å².